The molecule has 0 bridgehead atoms. The van der Waals surface area contributed by atoms with Crippen molar-refractivity contribution in [1.82, 2.24) is 0 Å². The lowest BCUT2D eigenvalue weighted by molar-refractivity contribution is 0.857. The Morgan fingerprint density at radius 2 is 1.28 bits per heavy atom. The summed E-state index contributed by atoms with van der Waals surface area (Å²) in [5.41, 5.74) is 2.70. The highest BCUT2D eigenvalue weighted by atomic mass is 13.9. The SMILES string of the molecule is C(#CCc1ccccc1)CCCc1ccccc1. The second-order valence-corrected chi connectivity index (χ2v) is 4.36. The van der Waals surface area contributed by atoms with Gasteiger partial charge in [0.2, 0.25) is 0 Å². The maximum atomic E-state index is 3.25. The number of hydrogen-bond donors (Lipinski definition) is 0. The Kier molecular flexibility index (Phi) is 5.09. The van der Waals surface area contributed by atoms with Gasteiger partial charge in [-0.05, 0) is 24.0 Å². The molecule has 0 aromatic heterocycles. The Bertz CT molecular complexity index is 500. The molecule has 0 aliphatic carbocycles. The van der Waals surface area contributed by atoms with Gasteiger partial charge in [0.15, 0.2) is 0 Å². The summed E-state index contributed by atoms with van der Waals surface area (Å²) in [6.45, 7) is 0. The van der Waals surface area contributed by atoms with Crippen LogP contribution in [0.4, 0.5) is 0 Å². The minimum atomic E-state index is 0.867. The first-order valence-corrected chi connectivity index (χ1v) is 6.49. The Morgan fingerprint density at radius 3 is 1.94 bits per heavy atom. The van der Waals surface area contributed by atoms with E-state index in [0.29, 0.717) is 0 Å². The molecule has 0 spiro atoms. The summed E-state index contributed by atoms with van der Waals surface area (Å²) in [5.74, 6) is 6.49. The van der Waals surface area contributed by atoms with Gasteiger partial charge in [-0.15, -0.1) is 5.92 Å². The van der Waals surface area contributed by atoms with E-state index in [4.69, 9.17) is 0 Å². The molecular weight excluding hydrogens is 216 g/mol. The second-order valence-electron chi connectivity index (χ2n) is 4.36. The van der Waals surface area contributed by atoms with Crippen molar-refractivity contribution in [3.05, 3.63) is 71.8 Å². The van der Waals surface area contributed by atoms with Crippen LogP contribution in [-0.2, 0) is 12.8 Å². The molecule has 0 nitrogen and oxygen atoms in total. The molecule has 0 saturated carbocycles. The van der Waals surface area contributed by atoms with E-state index in [1.54, 1.807) is 0 Å². The molecule has 0 amide bonds. The third-order valence-corrected chi connectivity index (χ3v) is 2.87. The second kappa shape index (κ2) is 7.35. The monoisotopic (exact) mass is 234 g/mol. The molecule has 2 aromatic carbocycles. The van der Waals surface area contributed by atoms with Crippen molar-refractivity contribution in [2.75, 3.05) is 0 Å². The van der Waals surface area contributed by atoms with Crippen molar-refractivity contribution in [3.8, 4) is 11.8 Å². The minimum absolute atomic E-state index is 0.867. The maximum absolute atomic E-state index is 3.25. The molecule has 0 aliphatic heterocycles. The third kappa shape index (κ3) is 4.47. The molecule has 0 fully saturated rings. The van der Waals surface area contributed by atoms with Crippen molar-refractivity contribution < 1.29 is 0 Å². The molecular formula is C18H18. The van der Waals surface area contributed by atoms with Gasteiger partial charge in [0.25, 0.3) is 0 Å². The molecule has 90 valence electrons. The van der Waals surface area contributed by atoms with Crippen molar-refractivity contribution in [3.63, 3.8) is 0 Å². The molecule has 0 N–H and O–H groups in total. The number of hydrogen-bond acceptors (Lipinski definition) is 0. The first-order chi connectivity index (χ1) is 8.95. The highest BCUT2D eigenvalue weighted by molar-refractivity contribution is 5.20. The standard InChI is InChI=1S/C18H18/c1(5-11-17-13-7-3-8-14-17)2-6-12-18-15-9-4-10-16-18/h3-4,7-10,13-16H,1,5,11-12H2. The fourth-order valence-corrected chi connectivity index (χ4v) is 1.87. The molecule has 2 rings (SSSR count). The van der Waals surface area contributed by atoms with E-state index in [0.717, 1.165) is 25.7 Å². The molecule has 0 unspecified atom stereocenters. The van der Waals surface area contributed by atoms with Crippen LogP contribution in [0.3, 0.4) is 0 Å². The Morgan fingerprint density at radius 1 is 0.667 bits per heavy atom. The molecule has 0 heterocycles. The van der Waals surface area contributed by atoms with Gasteiger partial charge in [-0.25, -0.2) is 0 Å². The summed E-state index contributed by atoms with van der Waals surface area (Å²) >= 11 is 0. The van der Waals surface area contributed by atoms with Gasteiger partial charge < -0.3 is 0 Å². The zero-order chi connectivity index (χ0) is 12.5. The average Bonchev–Trinajstić information content (AvgIpc) is 2.45. The first kappa shape index (κ1) is 12.5. The van der Waals surface area contributed by atoms with Crippen molar-refractivity contribution >= 4 is 0 Å². The largest absolute Gasteiger partial charge is 0.103 e. The van der Waals surface area contributed by atoms with E-state index in [-0.39, 0.29) is 0 Å². The highest BCUT2D eigenvalue weighted by Gasteiger charge is 1.89. The molecule has 0 heteroatoms. The summed E-state index contributed by atoms with van der Waals surface area (Å²) in [6, 6.07) is 21.0. The van der Waals surface area contributed by atoms with Crippen molar-refractivity contribution in [1.29, 1.82) is 0 Å². The van der Waals surface area contributed by atoms with Gasteiger partial charge in [0.1, 0.15) is 0 Å². The summed E-state index contributed by atoms with van der Waals surface area (Å²) in [6.07, 6.45) is 4.13. The normalized spacial score (nSPS) is 9.56. The van der Waals surface area contributed by atoms with Crippen LogP contribution in [-0.4, -0.2) is 0 Å². The zero-order valence-corrected chi connectivity index (χ0v) is 10.6. The summed E-state index contributed by atoms with van der Waals surface area (Å²) < 4.78 is 0. The van der Waals surface area contributed by atoms with Crippen LogP contribution in [0.5, 0.6) is 0 Å². The van der Waals surface area contributed by atoms with Crippen LogP contribution >= 0.6 is 0 Å². The van der Waals surface area contributed by atoms with Crippen LogP contribution in [0.1, 0.15) is 24.0 Å². The number of aryl methyl sites for hydroxylation is 1. The minimum Gasteiger partial charge on any atom is -0.103 e. The number of rotatable bonds is 4. The van der Waals surface area contributed by atoms with Gasteiger partial charge in [-0.1, -0.05) is 66.6 Å². The molecule has 18 heavy (non-hydrogen) atoms. The number of unbranched alkanes of at least 4 members (excludes halogenated alkanes) is 1. The number of benzene rings is 2. The lowest BCUT2D eigenvalue weighted by Crippen LogP contribution is -1.83. The van der Waals surface area contributed by atoms with E-state index < -0.39 is 0 Å². The predicted octanol–water partition coefficient (Wildman–Crippen LogP) is 4.26. The Labute approximate surface area is 110 Å². The molecule has 0 aliphatic rings. The van der Waals surface area contributed by atoms with Gasteiger partial charge >= 0.3 is 0 Å². The summed E-state index contributed by atoms with van der Waals surface area (Å²) in [5, 5.41) is 0. The van der Waals surface area contributed by atoms with Gasteiger partial charge in [-0.3, -0.25) is 0 Å². The Balaban J connectivity index is 1.67. The van der Waals surface area contributed by atoms with Gasteiger partial charge in [0, 0.05) is 12.8 Å². The van der Waals surface area contributed by atoms with E-state index in [2.05, 4.69) is 66.4 Å². The predicted molar refractivity (Wildman–Crippen MR) is 77.3 cm³/mol. The molecule has 2 aromatic rings. The van der Waals surface area contributed by atoms with E-state index >= 15 is 0 Å². The van der Waals surface area contributed by atoms with E-state index in [1.807, 2.05) is 6.07 Å². The topological polar surface area (TPSA) is 0 Å². The zero-order valence-electron chi connectivity index (χ0n) is 10.6. The first-order valence-electron chi connectivity index (χ1n) is 6.49. The average molecular weight is 234 g/mol. The highest BCUT2D eigenvalue weighted by Crippen LogP contribution is 2.04. The van der Waals surface area contributed by atoms with Gasteiger partial charge in [-0.2, -0.15) is 0 Å². The maximum Gasteiger partial charge on any atom is 0.0340 e. The van der Waals surface area contributed by atoms with Crippen LogP contribution in [0, 0.1) is 11.8 Å². The van der Waals surface area contributed by atoms with Crippen LogP contribution < -0.4 is 0 Å². The quantitative estimate of drug-likeness (QED) is 0.548. The van der Waals surface area contributed by atoms with E-state index in [9.17, 15) is 0 Å². The fourth-order valence-electron chi connectivity index (χ4n) is 1.87. The lowest BCUT2D eigenvalue weighted by Gasteiger charge is -1.97. The van der Waals surface area contributed by atoms with Crippen LogP contribution in [0.15, 0.2) is 60.7 Å². The van der Waals surface area contributed by atoms with E-state index in [1.165, 1.54) is 11.1 Å². The van der Waals surface area contributed by atoms with Crippen molar-refractivity contribution in [2.24, 2.45) is 0 Å². The molecule has 0 saturated heterocycles. The lowest BCUT2D eigenvalue weighted by atomic mass is 10.1. The van der Waals surface area contributed by atoms with Crippen molar-refractivity contribution in [2.45, 2.75) is 25.7 Å². The Hall–Kier alpha value is -2.00. The van der Waals surface area contributed by atoms with Gasteiger partial charge in [0.05, 0.1) is 0 Å². The fraction of sp³-hybridized carbons (Fsp3) is 0.222. The summed E-state index contributed by atoms with van der Waals surface area (Å²) in [4.78, 5) is 0. The summed E-state index contributed by atoms with van der Waals surface area (Å²) in [7, 11) is 0. The van der Waals surface area contributed by atoms with Crippen LogP contribution in [0.25, 0.3) is 0 Å². The van der Waals surface area contributed by atoms with Crippen LogP contribution in [0.2, 0.25) is 0 Å². The smallest absolute Gasteiger partial charge is 0.0340 e. The molecule has 0 radical (unpaired) electrons. The molecule has 0 atom stereocenters. The third-order valence-electron chi connectivity index (χ3n) is 2.87.